The van der Waals surface area contributed by atoms with Gasteiger partial charge in [0.15, 0.2) is 0 Å². The summed E-state index contributed by atoms with van der Waals surface area (Å²) in [5, 5.41) is -0.0611. The summed E-state index contributed by atoms with van der Waals surface area (Å²) in [5.41, 5.74) is 4.32. The van der Waals surface area contributed by atoms with Crippen molar-refractivity contribution in [2.24, 2.45) is 0 Å². The minimum absolute atomic E-state index is 0.0611. The Morgan fingerprint density at radius 1 is 1.25 bits per heavy atom. The lowest BCUT2D eigenvalue weighted by molar-refractivity contribution is 0.998. The highest BCUT2D eigenvalue weighted by Gasteiger charge is 2.13. The minimum Gasteiger partial charge on any atom is -0.342 e. The first-order valence-electron chi connectivity index (χ1n) is 5.36. The number of nitrogens with zero attached hydrogens (tertiary/aromatic N) is 1. The molecule has 0 fully saturated rings. The topological polar surface area (TPSA) is 28.7 Å². The third-order valence-electron chi connectivity index (χ3n) is 2.70. The molecule has 1 aromatic heterocycles. The summed E-state index contributed by atoms with van der Waals surface area (Å²) in [4.78, 5) is 7.84. The molecule has 0 aliphatic heterocycles. The van der Waals surface area contributed by atoms with Crippen LogP contribution < -0.4 is 0 Å². The zero-order valence-corrected chi connectivity index (χ0v) is 10.5. The van der Waals surface area contributed by atoms with Crippen molar-refractivity contribution in [3.8, 4) is 11.4 Å². The maximum Gasteiger partial charge on any atom is 0.138 e. The van der Waals surface area contributed by atoms with E-state index in [-0.39, 0.29) is 5.38 Å². The summed E-state index contributed by atoms with van der Waals surface area (Å²) in [7, 11) is 0. The second-order valence-electron chi connectivity index (χ2n) is 4.03. The van der Waals surface area contributed by atoms with E-state index in [1.165, 1.54) is 5.56 Å². The summed E-state index contributed by atoms with van der Waals surface area (Å²) in [6.45, 7) is 6.02. The Bertz CT molecular complexity index is 500. The second kappa shape index (κ2) is 4.30. The minimum atomic E-state index is -0.0611. The van der Waals surface area contributed by atoms with Crippen LogP contribution in [0.3, 0.4) is 0 Å². The van der Waals surface area contributed by atoms with Crippen molar-refractivity contribution in [1.82, 2.24) is 9.97 Å². The zero-order valence-electron chi connectivity index (χ0n) is 9.71. The lowest BCUT2D eigenvalue weighted by Gasteiger charge is -2.00. The van der Waals surface area contributed by atoms with Crippen LogP contribution in [0.15, 0.2) is 24.3 Å². The van der Waals surface area contributed by atoms with Crippen LogP contribution in [0.5, 0.6) is 0 Å². The standard InChI is InChI=1S/C13H15ClN2/c1-8-6-4-5-7-11(8)13-15-10(3)12(16-13)9(2)14/h4-7,9H,1-3H3,(H,15,16). The zero-order chi connectivity index (χ0) is 11.7. The molecule has 0 bridgehead atoms. The van der Waals surface area contributed by atoms with E-state index in [4.69, 9.17) is 11.6 Å². The number of rotatable bonds is 2. The molecule has 2 aromatic rings. The molecule has 84 valence electrons. The molecule has 0 saturated heterocycles. The van der Waals surface area contributed by atoms with Crippen LogP contribution in [0.4, 0.5) is 0 Å². The maximum atomic E-state index is 6.07. The van der Waals surface area contributed by atoms with E-state index in [9.17, 15) is 0 Å². The van der Waals surface area contributed by atoms with Gasteiger partial charge in [0, 0.05) is 11.3 Å². The molecule has 1 heterocycles. The Labute approximate surface area is 101 Å². The molecule has 2 nitrogen and oxygen atoms in total. The Morgan fingerprint density at radius 2 is 1.94 bits per heavy atom. The molecule has 1 unspecified atom stereocenters. The van der Waals surface area contributed by atoms with E-state index in [0.29, 0.717) is 0 Å². The molecule has 0 radical (unpaired) electrons. The SMILES string of the molecule is Cc1ccccc1-c1nc(C(C)Cl)c(C)[nH]1. The molecule has 0 amide bonds. The van der Waals surface area contributed by atoms with Gasteiger partial charge >= 0.3 is 0 Å². The normalized spacial score (nSPS) is 12.8. The fraction of sp³-hybridized carbons (Fsp3) is 0.308. The van der Waals surface area contributed by atoms with Crippen LogP contribution in [0, 0.1) is 13.8 Å². The van der Waals surface area contributed by atoms with Gasteiger partial charge in [-0.05, 0) is 26.3 Å². The molecule has 1 N–H and O–H groups in total. The Morgan fingerprint density at radius 3 is 2.50 bits per heavy atom. The van der Waals surface area contributed by atoms with Crippen molar-refractivity contribution in [3.05, 3.63) is 41.2 Å². The summed E-state index contributed by atoms with van der Waals surface area (Å²) < 4.78 is 0. The Hall–Kier alpha value is -1.28. The van der Waals surface area contributed by atoms with Gasteiger partial charge in [0.2, 0.25) is 0 Å². The first kappa shape index (κ1) is 11.2. The number of halogens is 1. The lowest BCUT2D eigenvalue weighted by Crippen LogP contribution is -1.87. The summed E-state index contributed by atoms with van der Waals surface area (Å²) in [5.74, 6) is 0.901. The quantitative estimate of drug-likeness (QED) is 0.782. The maximum absolute atomic E-state index is 6.07. The number of hydrogen-bond donors (Lipinski definition) is 1. The number of aromatic amines is 1. The van der Waals surface area contributed by atoms with E-state index in [2.05, 4.69) is 29.0 Å². The van der Waals surface area contributed by atoms with E-state index in [1.807, 2.05) is 26.0 Å². The predicted octanol–water partition coefficient (Wildman–Crippen LogP) is 3.99. The average Bonchev–Trinajstić information content (AvgIpc) is 2.61. The number of aromatic nitrogens is 2. The van der Waals surface area contributed by atoms with Crippen LogP contribution in [-0.2, 0) is 0 Å². The van der Waals surface area contributed by atoms with Crippen LogP contribution in [0.2, 0.25) is 0 Å². The highest BCUT2D eigenvalue weighted by atomic mass is 35.5. The number of nitrogens with one attached hydrogen (secondary N) is 1. The summed E-state index contributed by atoms with van der Waals surface area (Å²) in [6.07, 6.45) is 0. The van der Waals surface area contributed by atoms with Crippen LogP contribution in [-0.4, -0.2) is 9.97 Å². The van der Waals surface area contributed by atoms with Gasteiger partial charge < -0.3 is 4.98 Å². The monoisotopic (exact) mass is 234 g/mol. The molecule has 3 heteroatoms. The van der Waals surface area contributed by atoms with Crippen molar-refractivity contribution in [3.63, 3.8) is 0 Å². The fourth-order valence-corrected chi connectivity index (χ4v) is 2.04. The summed E-state index contributed by atoms with van der Waals surface area (Å²) >= 11 is 6.07. The molecule has 0 spiro atoms. The third kappa shape index (κ3) is 1.98. The van der Waals surface area contributed by atoms with Gasteiger partial charge in [0.1, 0.15) is 5.82 Å². The van der Waals surface area contributed by atoms with Gasteiger partial charge in [0.25, 0.3) is 0 Å². The largest absolute Gasteiger partial charge is 0.342 e. The van der Waals surface area contributed by atoms with Gasteiger partial charge in [-0.25, -0.2) is 4.98 Å². The predicted molar refractivity (Wildman–Crippen MR) is 67.8 cm³/mol. The molecule has 2 rings (SSSR count). The van der Waals surface area contributed by atoms with E-state index >= 15 is 0 Å². The smallest absolute Gasteiger partial charge is 0.138 e. The van der Waals surface area contributed by atoms with Crippen molar-refractivity contribution < 1.29 is 0 Å². The Balaban J connectivity index is 2.50. The lowest BCUT2D eigenvalue weighted by atomic mass is 10.1. The van der Waals surface area contributed by atoms with E-state index in [1.54, 1.807) is 0 Å². The first-order chi connectivity index (χ1) is 7.59. The van der Waals surface area contributed by atoms with Gasteiger partial charge in [-0.2, -0.15) is 0 Å². The van der Waals surface area contributed by atoms with Crippen molar-refractivity contribution in [2.75, 3.05) is 0 Å². The number of imidazole rings is 1. The molecule has 1 atom stereocenters. The number of H-pyrrole nitrogens is 1. The highest BCUT2D eigenvalue weighted by Crippen LogP contribution is 2.26. The van der Waals surface area contributed by atoms with Gasteiger partial charge in [0.05, 0.1) is 11.1 Å². The van der Waals surface area contributed by atoms with Crippen LogP contribution in [0.1, 0.15) is 29.3 Å². The van der Waals surface area contributed by atoms with Crippen LogP contribution in [0.25, 0.3) is 11.4 Å². The number of alkyl halides is 1. The molecule has 0 saturated carbocycles. The molecule has 0 aliphatic carbocycles. The number of benzene rings is 1. The molecule has 0 aliphatic rings. The third-order valence-corrected chi connectivity index (χ3v) is 2.91. The Kier molecular flexibility index (Phi) is 3.01. The second-order valence-corrected chi connectivity index (χ2v) is 4.68. The first-order valence-corrected chi connectivity index (χ1v) is 5.80. The van der Waals surface area contributed by atoms with Crippen molar-refractivity contribution in [2.45, 2.75) is 26.1 Å². The average molecular weight is 235 g/mol. The fourth-order valence-electron chi connectivity index (χ4n) is 1.83. The van der Waals surface area contributed by atoms with E-state index < -0.39 is 0 Å². The van der Waals surface area contributed by atoms with Crippen molar-refractivity contribution in [1.29, 1.82) is 0 Å². The van der Waals surface area contributed by atoms with E-state index in [0.717, 1.165) is 22.8 Å². The highest BCUT2D eigenvalue weighted by molar-refractivity contribution is 6.20. The summed E-state index contributed by atoms with van der Waals surface area (Å²) in [6, 6.07) is 8.19. The van der Waals surface area contributed by atoms with Crippen LogP contribution >= 0.6 is 11.6 Å². The number of hydrogen-bond acceptors (Lipinski definition) is 1. The van der Waals surface area contributed by atoms with Crippen molar-refractivity contribution >= 4 is 11.6 Å². The molecule has 1 aromatic carbocycles. The molecular formula is C13H15ClN2. The molecular weight excluding hydrogens is 220 g/mol. The van der Waals surface area contributed by atoms with Gasteiger partial charge in [-0.3, -0.25) is 0 Å². The van der Waals surface area contributed by atoms with Gasteiger partial charge in [-0.1, -0.05) is 24.3 Å². The molecule has 16 heavy (non-hydrogen) atoms. The number of aryl methyl sites for hydroxylation is 2. The van der Waals surface area contributed by atoms with Gasteiger partial charge in [-0.15, -0.1) is 11.6 Å².